The summed E-state index contributed by atoms with van der Waals surface area (Å²) in [5, 5.41) is 3.63. The van der Waals surface area contributed by atoms with Crippen LogP contribution in [0.3, 0.4) is 0 Å². The van der Waals surface area contributed by atoms with E-state index in [1.807, 2.05) is 0 Å². The molecule has 0 radical (unpaired) electrons. The van der Waals surface area contributed by atoms with Crippen LogP contribution in [-0.2, 0) is 12.8 Å². The molecule has 0 aliphatic carbocycles. The number of nitrogens with one attached hydrogen (secondary N) is 1. The first-order valence-electron chi connectivity index (χ1n) is 7.69. The summed E-state index contributed by atoms with van der Waals surface area (Å²) in [6.07, 6.45) is 3.76. The van der Waals surface area contributed by atoms with Gasteiger partial charge >= 0.3 is 0 Å². The monoisotopic (exact) mass is 265 g/mol. The molecule has 3 rings (SSSR count). The molecule has 1 N–H and O–H groups in total. The molecule has 2 atom stereocenters. The lowest BCUT2D eigenvalue weighted by Crippen LogP contribution is -2.38. The van der Waals surface area contributed by atoms with Gasteiger partial charge in [0, 0.05) is 0 Å². The Balaban J connectivity index is 1.57. The van der Waals surface area contributed by atoms with Crippen molar-refractivity contribution in [1.82, 2.24) is 5.32 Å². The molecule has 1 aliphatic rings. The van der Waals surface area contributed by atoms with E-state index in [1.165, 1.54) is 43.5 Å². The van der Waals surface area contributed by atoms with Crippen molar-refractivity contribution in [2.75, 3.05) is 13.1 Å². The minimum atomic E-state index is 0.778. The molecule has 0 bridgehead atoms. The van der Waals surface area contributed by atoms with Crippen molar-refractivity contribution in [1.29, 1.82) is 0 Å². The van der Waals surface area contributed by atoms with Crippen LogP contribution in [0.4, 0.5) is 0 Å². The summed E-state index contributed by atoms with van der Waals surface area (Å²) in [6.45, 7) is 2.33. The molecule has 1 aliphatic heterocycles. The first-order valence-corrected chi connectivity index (χ1v) is 7.69. The molecule has 0 spiro atoms. The van der Waals surface area contributed by atoms with Gasteiger partial charge in [-0.05, 0) is 55.3 Å². The Morgan fingerprint density at radius 1 is 0.700 bits per heavy atom. The summed E-state index contributed by atoms with van der Waals surface area (Å²) in [7, 11) is 0. The Bertz CT molecular complexity index is 458. The molecule has 1 heterocycles. The molecule has 0 saturated carbocycles. The largest absolute Gasteiger partial charge is 0.316 e. The van der Waals surface area contributed by atoms with Gasteiger partial charge in [0.05, 0.1) is 0 Å². The number of hydrogen-bond acceptors (Lipinski definition) is 1. The van der Waals surface area contributed by atoms with Crippen LogP contribution < -0.4 is 5.32 Å². The van der Waals surface area contributed by atoms with Gasteiger partial charge in [0.15, 0.2) is 0 Å². The van der Waals surface area contributed by atoms with E-state index in [4.69, 9.17) is 0 Å². The van der Waals surface area contributed by atoms with E-state index in [-0.39, 0.29) is 0 Å². The van der Waals surface area contributed by atoms with E-state index in [1.54, 1.807) is 0 Å². The maximum atomic E-state index is 3.63. The molecule has 1 nitrogen and oxygen atoms in total. The van der Waals surface area contributed by atoms with E-state index in [0.29, 0.717) is 0 Å². The predicted molar refractivity (Wildman–Crippen MR) is 84.8 cm³/mol. The smallest absolute Gasteiger partial charge is 0.00171 e. The second kappa shape index (κ2) is 6.71. The van der Waals surface area contributed by atoms with Crippen LogP contribution in [0.5, 0.6) is 0 Å². The third-order valence-corrected chi connectivity index (χ3v) is 4.27. The van der Waals surface area contributed by atoms with Crippen molar-refractivity contribution >= 4 is 0 Å². The Morgan fingerprint density at radius 2 is 1.15 bits per heavy atom. The zero-order valence-electron chi connectivity index (χ0n) is 12.0. The van der Waals surface area contributed by atoms with Crippen LogP contribution in [0.25, 0.3) is 0 Å². The first-order chi connectivity index (χ1) is 9.90. The molecule has 104 valence electrons. The number of hydrogen-bond donors (Lipinski definition) is 1. The summed E-state index contributed by atoms with van der Waals surface area (Å²) < 4.78 is 0. The highest BCUT2D eigenvalue weighted by atomic mass is 14.9. The molecule has 2 aromatic rings. The molecule has 1 heteroatoms. The van der Waals surface area contributed by atoms with Crippen molar-refractivity contribution < 1.29 is 0 Å². The summed E-state index contributed by atoms with van der Waals surface area (Å²) in [6, 6.07) is 21.8. The molecule has 0 unspecified atom stereocenters. The maximum Gasteiger partial charge on any atom is -0.00171 e. The quantitative estimate of drug-likeness (QED) is 0.889. The summed E-state index contributed by atoms with van der Waals surface area (Å²) >= 11 is 0. The molecule has 0 aromatic heterocycles. The Hall–Kier alpha value is -1.60. The van der Waals surface area contributed by atoms with E-state index in [9.17, 15) is 0 Å². The van der Waals surface area contributed by atoms with E-state index >= 15 is 0 Å². The summed E-state index contributed by atoms with van der Waals surface area (Å²) in [4.78, 5) is 0. The molecular weight excluding hydrogens is 242 g/mol. The van der Waals surface area contributed by atoms with Crippen LogP contribution in [0.1, 0.15) is 17.5 Å². The zero-order valence-corrected chi connectivity index (χ0v) is 12.0. The van der Waals surface area contributed by atoms with Crippen LogP contribution in [0.15, 0.2) is 60.7 Å². The van der Waals surface area contributed by atoms with Crippen molar-refractivity contribution in [3.63, 3.8) is 0 Å². The molecule has 20 heavy (non-hydrogen) atoms. The number of piperidine rings is 1. The van der Waals surface area contributed by atoms with Crippen molar-refractivity contribution in [3.05, 3.63) is 71.8 Å². The third kappa shape index (κ3) is 3.71. The van der Waals surface area contributed by atoms with E-state index in [0.717, 1.165) is 11.8 Å². The average Bonchev–Trinajstić information content (AvgIpc) is 2.50. The van der Waals surface area contributed by atoms with Crippen LogP contribution in [0, 0.1) is 11.8 Å². The normalized spacial score (nSPS) is 22.6. The number of rotatable bonds is 4. The SMILES string of the molecule is c1ccc(C[C@H]2CNC[C@@H](Cc3ccccc3)C2)cc1. The predicted octanol–water partition coefficient (Wildman–Crippen LogP) is 3.70. The van der Waals surface area contributed by atoms with E-state index in [2.05, 4.69) is 66.0 Å². The average molecular weight is 265 g/mol. The van der Waals surface area contributed by atoms with Gasteiger partial charge in [0.25, 0.3) is 0 Å². The highest BCUT2D eigenvalue weighted by Crippen LogP contribution is 2.23. The van der Waals surface area contributed by atoms with Gasteiger partial charge in [0.1, 0.15) is 0 Å². The lowest BCUT2D eigenvalue weighted by molar-refractivity contribution is 0.283. The highest BCUT2D eigenvalue weighted by molar-refractivity contribution is 5.17. The van der Waals surface area contributed by atoms with Gasteiger partial charge in [-0.2, -0.15) is 0 Å². The molecule has 1 fully saturated rings. The highest BCUT2D eigenvalue weighted by Gasteiger charge is 2.21. The fourth-order valence-corrected chi connectivity index (χ4v) is 3.34. The number of benzene rings is 2. The van der Waals surface area contributed by atoms with Gasteiger partial charge in [-0.25, -0.2) is 0 Å². The van der Waals surface area contributed by atoms with Crippen molar-refractivity contribution in [2.24, 2.45) is 11.8 Å². The summed E-state index contributed by atoms with van der Waals surface area (Å²) in [5.74, 6) is 1.56. The van der Waals surface area contributed by atoms with Gasteiger partial charge in [-0.15, -0.1) is 0 Å². The molecule has 1 saturated heterocycles. The Morgan fingerprint density at radius 3 is 1.60 bits per heavy atom. The minimum absolute atomic E-state index is 0.778. The standard InChI is InChI=1S/C19H23N/c1-3-7-16(8-4-1)11-18-13-19(15-20-14-18)12-17-9-5-2-6-10-17/h1-10,18-20H,11-15H2/t18-,19+. The van der Waals surface area contributed by atoms with Crippen LogP contribution >= 0.6 is 0 Å². The van der Waals surface area contributed by atoms with Crippen molar-refractivity contribution in [2.45, 2.75) is 19.3 Å². The van der Waals surface area contributed by atoms with Crippen LogP contribution in [-0.4, -0.2) is 13.1 Å². The second-order valence-corrected chi connectivity index (χ2v) is 6.01. The fourth-order valence-electron chi connectivity index (χ4n) is 3.34. The molecule has 2 aromatic carbocycles. The van der Waals surface area contributed by atoms with E-state index < -0.39 is 0 Å². The first kappa shape index (κ1) is 13.4. The lowest BCUT2D eigenvalue weighted by atomic mass is 9.83. The Kier molecular flexibility index (Phi) is 4.49. The maximum absolute atomic E-state index is 3.63. The molecule has 0 amide bonds. The molecular formula is C19H23N. The zero-order chi connectivity index (χ0) is 13.6. The topological polar surface area (TPSA) is 12.0 Å². The second-order valence-electron chi connectivity index (χ2n) is 6.01. The third-order valence-electron chi connectivity index (χ3n) is 4.27. The van der Waals surface area contributed by atoms with Gasteiger partial charge < -0.3 is 5.32 Å². The van der Waals surface area contributed by atoms with Crippen LogP contribution in [0.2, 0.25) is 0 Å². The van der Waals surface area contributed by atoms with Crippen molar-refractivity contribution in [3.8, 4) is 0 Å². The fraction of sp³-hybridized carbons (Fsp3) is 0.368. The Labute approximate surface area is 122 Å². The lowest BCUT2D eigenvalue weighted by Gasteiger charge is -2.30. The van der Waals surface area contributed by atoms with Gasteiger partial charge in [-0.1, -0.05) is 60.7 Å². The van der Waals surface area contributed by atoms with Gasteiger partial charge in [0.2, 0.25) is 0 Å². The van der Waals surface area contributed by atoms with Gasteiger partial charge in [-0.3, -0.25) is 0 Å². The summed E-state index contributed by atoms with van der Waals surface area (Å²) in [5.41, 5.74) is 2.94. The minimum Gasteiger partial charge on any atom is -0.316 e.